The smallest absolute Gasteiger partial charge is 0.276 e. The van der Waals surface area contributed by atoms with Crippen LogP contribution in [0.3, 0.4) is 0 Å². The second-order valence-corrected chi connectivity index (χ2v) is 7.02. The summed E-state index contributed by atoms with van der Waals surface area (Å²) in [6.45, 7) is 4.65. The van der Waals surface area contributed by atoms with E-state index in [1.807, 2.05) is 42.9 Å². The summed E-state index contributed by atoms with van der Waals surface area (Å²) in [5.41, 5.74) is 3.70. The first-order chi connectivity index (χ1) is 13.6. The molecule has 1 aromatic carbocycles. The van der Waals surface area contributed by atoms with Crippen LogP contribution in [0.2, 0.25) is 0 Å². The highest BCUT2D eigenvalue weighted by Crippen LogP contribution is 2.25. The maximum atomic E-state index is 13.0. The predicted molar refractivity (Wildman–Crippen MR) is 106 cm³/mol. The van der Waals surface area contributed by atoms with Crippen LogP contribution in [0.15, 0.2) is 53.7 Å². The first-order valence-electron chi connectivity index (χ1n) is 9.19. The van der Waals surface area contributed by atoms with E-state index < -0.39 is 0 Å². The molecule has 4 rings (SSSR count). The van der Waals surface area contributed by atoms with Crippen molar-refractivity contribution in [3.8, 4) is 17.3 Å². The monoisotopic (exact) mass is 372 g/mol. The van der Waals surface area contributed by atoms with Crippen molar-refractivity contribution < 1.29 is 0 Å². The van der Waals surface area contributed by atoms with Gasteiger partial charge in [0.05, 0.1) is 11.9 Å². The summed E-state index contributed by atoms with van der Waals surface area (Å²) in [4.78, 5) is 17.6. The number of H-pyrrole nitrogens is 1. The van der Waals surface area contributed by atoms with Crippen LogP contribution in [0.5, 0.6) is 0 Å². The highest BCUT2D eigenvalue weighted by atomic mass is 16.1. The molecule has 7 nitrogen and oxygen atoms in total. The zero-order chi connectivity index (χ0) is 19.7. The van der Waals surface area contributed by atoms with Gasteiger partial charge in [0.1, 0.15) is 11.6 Å². The largest absolute Gasteiger partial charge is 0.295 e. The third kappa shape index (κ3) is 3.09. The molecule has 0 atom stereocenters. The maximum absolute atomic E-state index is 13.0. The van der Waals surface area contributed by atoms with Gasteiger partial charge in [0, 0.05) is 30.1 Å². The van der Waals surface area contributed by atoms with Crippen molar-refractivity contribution in [2.75, 3.05) is 0 Å². The van der Waals surface area contributed by atoms with Crippen LogP contribution in [0, 0.1) is 11.3 Å². The van der Waals surface area contributed by atoms with Crippen molar-refractivity contribution in [1.82, 2.24) is 24.4 Å². The lowest BCUT2D eigenvalue weighted by Crippen LogP contribution is -2.22. The minimum absolute atomic E-state index is 0.0200. The van der Waals surface area contributed by atoms with Crippen molar-refractivity contribution in [2.24, 2.45) is 0 Å². The number of hydrogen-bond donors (Lipinski definition) is 1. The molecule has 0 spiro atoms. The average Bonchev–Trinajstić information content (AvgIpc) is 3.33. The predicted octanol–water partition coefficient (Wildman–Crippen LogP) is 3.12. The van der Waals surface area contributed by atoms with E-state index in [1.54, 1.807) is 6.20 Å². The van der Waals surface area contributed by atoms with Gasteiger partial charge in [-0.1, -0.05) is 44.2 Å². The van der Waals surface area contributed by atoms with Crippen LogP contribution in [-0.2, 0) is 13.0 Å². The summed E-state index contributed by atoms with van der Waals surface area (Å²) in [6.07, 6.45) is 6.01. The lowest BCUT2D eigenvalue weighted by Gasteiger charge is -2.10. The van der Waals surface area contributed by atoms with E-state index in [4.69, 9.17) is 0 Å². The van der Waals surface area contributed by atoms with Crippen LogP contribution < -0.4 is 5.56 Å². The summed E-state index contributed by atoms with van der Waals surface area (Å²) in [6, 6.07) is 12.3. The van der Waals surface area contributed by atoms with E-state index in [1.165, 1.54) is 16.3 Å². The van der Waals surface area contributed by atoms with E-state index in [2.05, 4.69) is 33.4 Å². The molecule has 0 saturated carbocycles. The second-order valence-electron chi connectivity index (χ2n) is 7.02. The molecule has 0 amide bonds. The van der Waals surface area contributed by atoms with Crippen molar-refractivity contribution in [3.05, 3.63) is 76.0 Å². The Labute approximate surface area is 161 Å². The van der Waals surface area contributed by atoms with E-state index in [0.717, 1.165) is 18.5 Å². The SMILES string of the molecule is CC(C)c1c(-c2cnn(CCc3ccccc3)c2)nc2c(C#N)c[nH]n2c1=O. The summed E-state index contributed by atoms with van der Waals surface area (Å²) in [5.74, 6) is -0.0200. The Hall–Kier alpha value is -3.66. The highest BCUT2D eigenvalue weighted by Gasteiger charge is 2.20. The Morgan fingerprint density at radius 1 is 1.25 bits per heavy atom. The quantitative estimate of drug-likeness (QED) is 0.583. The maximum Gasteiger partial charge on any atom is 0.276 e. The Morgan fingerprint density at radius 3 is 2.75 bits per heavy atom. The van der Waals surface area contributed by atoms with Gasteiger partial charge >= 0.3 is 0 Å². The molecule has 0 aliphatic heterocycles. The molecular weight excluding hydrogens is 352 g/mol. The summed E-state index contributed by atoms with van der Waals surface area (Å²) in [7, 11) is 0. The first-order valence-corrected chi connectivity index (χ1v) is 9.19. The molecule has 0 unspecified atom stereocenters. The number of aromatic nitrogens is 5. The molecule has 0 saturated heterocycles. The van der Waals surface area contributed by atoms with E-state index >= 15 is 0 Å². The number of hydrogen-bond acceptors (Lipinski definition) is 4. The fraction of sp³-hybridized carbons (Fsp3) is 0.238. The minimum atomic E-state index is -0.187. The number of aryl methyl sites for hydroxylation is 2. The van der Waals surface area contributed by atoms with Gasteiger partial charge in [-0.15, -0.1) is 0 Å². The number of nitriles is 1. The van der Waals surface area contributed by atoms with Crippen LogP contribution in [0.1, 0.15) is 36.5 Å². The van der Waals surface area contributed by atoms with Crippen molar-refractivity contribution >= 4 is 5.65 Å². The molecular formula is C21H20N6O. The number of aromatic amines is 1. The third-order valence-electron chi connectivity index (χ3n) is 4.77. The molecule has 7 heteroatoms. The van der Waals surface area contributed by atoms with Gasteiger partial charge in [-0.3, -0.25) is 14.6 Å². The van der Waals surface area contributed by atoms with Crippen molar-refractivity contribution in [2.45, 2.75) is 32.7 Å². The number of rotatable bonds is 5. The van der Waals surface area contributed by atoms with Gasteiger partial charge < -0.3 is 0 Å². The van der Waals surface area contributed by atoms with Gasteiger partial charge in [0.25, 0.3) is 5.56 Å². The lowest BCUT2D eigenvalue weighted by molar-refractivity contribution is 0.615. The summed E-state index contributed by atoms with van der Waals surface area (Å²) < 4.78 is 3.19. The Bertz CT molecular complexity index is 1220. The fourth-order valence-electron chi connectivity index (χ4n) is 3.35. The zero-order valence-electron chi connectivity index (χ0n) is 15.8. The minimum Gasteiger partial charge on any atom is -0.295 e. The molecule has 3 aromatic heterocycles. The first kappa shape index (κ1) is 17.7. The molecule has 0 aliphatic carbocycles. The normalized spacial score (nSPS) is 11.2. The Balaban J connectivity index is 1.74. The second kappa shape index (κ2) is 7.16. The van der Waals surface area contributed by atoms with E-state index in [9.17, 15) is 10.1 Å². The van der Waals surface area contributed by atoms with Crippen molar-refractivity contribution in [3.63, 3.8) is 0 Å². The van der Waals surface area contributed by atoms with Crippen molar-refractivity contribution in [1.29, 1.82) is 5.26 Å². The number of nitrogens with one attached hydrogen (secondary N) is 1. The number of nitrogens with zero attached hydrogens (tertiary/aromatic N) is 5. The molecule has 140 valence electrons. The average molecular weight is 372 g/mol. The molecule has 3 heterocycles. The fourth-order valence-corrected chi connectivity index (χ4v) is 3.35. The molecule has 0 bridgehead atoms. The molecule has 0 radical (unpaired) electrons. The van der Waals surface area contributed by atoms with Crippen LogP contribution in [-0.4, -0.2) is 24.4 Å². The van der Waals surface area contributed by atoms with Gasteiger partial charge in [-0.2, -0.15) is 10.4 Å². The summed E-state index contributed by atoms with van der Waals surface area (Å²) in [5, 5.41) is 16.6. The van der Waals surface area contributed by atoms with Gasteiger partial charge in [0.2, 0.25) is 0 Å². The molecule has 1 N–H and O–H groups in total. The van der Waals surface area contributed by atoms with Gasteiger partial charge in [-0.05, 0) is 17.9 Å². The molecule has 0 fully saturated rings. The van der Waals surface area contributed by atoms with Gasteiger partial charge in [0.15, 0.2) is 5.65 Å². The topological polar surface area (TPSA) is 91.8 Å². The Morgan fingerprint density at radius 2 is 2.04 bits per heavy atom. The highest BCUT2D eigenvalue weighted by molar-refractivity contribution is 5.67. The number of fused-ring (bicyclic) bond motifs is 1. The Kier molecular flexibility index (Phi) is 4.53. The molecule has 28 heavy (non-hydrogen) atoms. The third-order valence-corrected chi connectivity index (χ3v) is 4.77. The van der Waals surface area contributed by atoms with E-state index in [-0.39, 0.29) is 11.5 Å². The molecule has 4 aromatic rings. The lowest BCUT2D eigenvalue weighted by atomic mass is 10.00. The van der Waals surface area contributed by atoms with Gasteiger partial charge in [-0.25, -0.2) is 9.50 Å². The summed E-state index contributed by atoms with van der Waals surface area (Å²) >= 11 is 0. The standard InChI is InChI=1S/C21H20N6O/c1-14(2)18-19(25-20-16(10-22)11-24-27(20)21(18)28)17-12-23-26(13-17)9-8-15-6-4-3-5-7-15/h3-7,11-14,24H,8-9H2,1-2H3. The molecule has 0 aliphatic rings. The van der Waals surface area contributed by atoms with E-state index in [0.29, 0.717) is 22.5 Å². The van der Waals surface area contributed by atoms with Crippen LogP contribution in [0.4, 0.5) is 0 Å². The van der Waals surface area contributed by atoms with Crippen LogP contribution >= 0.6 is 0 Å². The number of benzene rings is 1. The zero-order valence-corrected chi connectivity index (χ0v) is 15.8. The van der Waals surface area contributed by atoms with Crippen LogP contribution in [0.25, 0.3) is 16.9 Å².